The second kappa shape index (κ2) is 14.1. The van der Waals surface area contributed by atoms with E-state index in [0.717, 1.165) is 0 Å². The molecule has 0 fully saturated rings. The molecule has 0 spiro atoms. The van der Waals surface area contributed by atoms with Crippen LogP contribution in [0.5, 0.6) is 46.0 Å². The topological polar surface area (TPSA) is 89.5 Å². The SMILES string of the molecule is COC(=O)c1c2cc(Oc3ccccc3)c(Oc3ccccc3)cc2c(C(=O)OC)c2cc(Oc3ccccc3)c(Oc3ccccc3)cc12. The molecular formula is C42H30O8. The summed E-state index contributed by atoms with van der Waals surface area (Å²) in [7, 11) is 2.60. The van der Waals surface area contributed by atoms with E-state index in [4.69, 9.17) is 28.4 Å². The summed E-state index contributed by atoms with van der Waals surface area (Å²) in [6, 6.07) is 43.4. The number of benzene rings is 7. The van der Waals surface area contributed by atoms with Crippen LogP contribution in [0, 0.1) is 0 Å². The number of esters is 2. The van der Waals surface area contributed by atoms with E-state index in [1.165, 1.54) is 14.2 Å². The predicted molar refractivity (Wildman–Crippen MR) is 190 cm³/mol. The first-order valence-electron chi connectivity index (χ1n) is 15.7. The van der Waals surface area contributed by atoms with Crippen molar-refractivity contribution in [2.45, 2.75) is 0 Å². The van der Waals surface area contributed by atoms with Crippen molar-refractivity contribution in [1.29, 1.82) is 0 Å². The smallest absolute Gasteiger partial charge is 0.339 e. The number of hydrogen-bond donors (Lipinski definition) is 0. The number of hydrogen-bond acceptors (Lipinski definition) is 8. The van der Waals surface area contributed by atoms with E-state index in [0.29, 0.717) is 67.5 Å². The number of methoxy groups -OCH3 is 2. The van der Waals surface area contributed by atoms with Gasteiger partial charge in [0, 0.05) is 21.5 Å². The lowest BCUT2D eigenvalue weighted by Crippen LogP contribution is -2.10. The van der Waals surface area contributed by atoms with Gasteiger partial charge in [0.1, 0.15) is 23.0 Å². The van der Waals surface area contributed by atoms with Gasteiger partial charge in [0.15, 0.2) is 23.0 Å². The molecule has 0 aliphatic rings. The van der Waals surface area contributed by atoms with Gasteiger partial charge >= 0.3 is 11.9 Å². The summed E-state index contributed by atoms with van der Waals surface area (Å²) in [6.07, 6.45) is 0. The number of carbonyl (C=O) groups is 2. The third-order valence-corrected chi connectivity index (χ3v) is 7.91. The van der Waals surface area contributed by atoms with Gasteiger partial charge in [0.25, 0.3) is 0 Å². The largest absolute Gasteiger partial charge is 0.465 e. The van der Waals surface area contributed by atoms with Gasteiger partial charge in [-0.15, -0.1) is 0 Å². The minimum absolute atomic E-state index is 0.179. The minimum atomic E-state index is -0.638. The van der Waals surface area contributed by atoms with Crippen molar-refractivity contribution in [3.8, 4) is 46.0 Å². The molecule has 8 nitrogen and oxygen atoms in total. The molecule has 7 aromatic carbocycles. The maximum atomic E-state index is 13.8. The zero-order valence-electron chi connectivity index (χ0n) is 27.1. The molecule has 0 aromatic heterocycles. The van der Waals surface area contributed by atoms with Crippen molar-refractivity contribution >= 4 is 33.5 Å². The Morgan fingerprint density at radius 2 is 0.580 bits per heavy atom. The Labute approximate surface area is 287 Å². The van der Waals surface area contributed by atoms with Crippen LogP contribution in [0.2, 0.25) is 0 Å². The summed E-state index contributed by atoms with van der Waals surface area (Å²) in [4.78, 5) is 27.6. The third kappa shape index (κ3) is 6.50. The lowest BCUT2D eigenvalue weighted by atomic mass is 9.90. The quantitative estimate of drug-likeness (QED) is 0.106. The first-order valence-corrected chi connectivity index (χ1v) is 15.7. The van der Waals surface area contributed by atoms with Crippen molar-refractivity contribution in [2.24, 2.45) is 0 Å². The summed E-state index contributed by atoms with van der Waals surface area (Å²) >= 11 is 0. The van der Waals surface area contributed by atoms with Gasteiger partial charge in [-0.25, -0.2) is 9.59 Å². The molecule has 0 bridgehead atoms. The molecule has 7 rings (SSSR count). The number of para-hydroxylation sites is 4. The Hall–Kier alpha value is -6.80. The maximum Gasteiger partial charge on any atom is 0.339 e. The highest BCUT2D eigenvalue weighted by Crippen LogP contribution is 2.46. The molecule has 50 heavy (non-hydrogen) atoms. The van der Waals surface area contributed by atoms with Crippen molar-refractivity contribution in [1.82, 2.24) is 0 Å². The molecule has 0 N–H and O–H groups in total. The van der Waals surface area contributed by atoms with Crippen LogP contribution in [0.3, 0.4) is 0 Å². The first kappa shape index (κ1) is 31.8. The van der Waals surface area contributed by atoms with Crippen LogP contribution >= 0.6 is 0 Å². The van der Waals surface area contributed by atoms with Gasteiger partial charge < -0.3 is 28.4 Å². The normalized spacial score (nSPS) is 10.8. The zero-order chi connectivity index (χ0) is 34.5. The van der Waals surface area contributed by atoms with Crippen LogP contribution in [0.15, 0.2) is 146 Å². The molecule has 0 atom stereocenters. The predicted octanol–water partition coefficient (Wildman–Crippen LogP) is 10.7. The molecular weight excluding hydrogens is 632 g/mol. The average Bonchev–Trinajstić information content (AvgIpc) is 3.15. The lowest BCUT2D eigenvalue weighted by Gasteiger charge is -2.20. The highest BCUT2D eigenvalue weighted by atomic mass is 16.5. The standard InChI is InChI=1S/C42H30O8/c1-45-41(43)39-31-23-35(47-27-15-7-3-8-16-27)37(49-29-19-11-5-12-20-29)25-33(31)40(42(44)46-2)34-26-38(50-30-21-13-6-14-22-30)36(24-32(34)39)48-28-17-9-4-10-18-28/h3-26H,1-2H3. The molecule has 0 unspecified atom stereocenters. The zero-order valence-corrected chi connectivity index (χ0v) is 27.1. The Morgan fingerprint density at radius 1 is 0.360 bits per heavy atom. The fraction of sp³-hybridized carbons (Fsp3) is 0.0476. The minimum Gasteiger partial charge on any atom is -0.465 e. The van der Waals surface area contributed by atoms with E-state index in [1.807, 2.05) is 72.8 Å². The highest BCUT2D eigenvalue weighted by Gasteiger charge is 2.28. The molecule has 7 aromatic rings. The molecule has 0 amide bonds. The van der Waals surface area contributed by atoms with E-state index in [1.54, 1.807) is 72.8 Å². The van der Waals surface area contributed by atoms with Crippen molar-refractivity contribution < 1.29 is 38.0 Å². The van der Waals surface area contributed by atoms with Crippen LogP contribution in [0.25, 0.3) is 21.5 Å². The van der Waals surface area contributed by atoms with E-state index >= 15 is 0 Å². The number of ether oxygens (including phenoxy) is 6. The first-order chi connectivity index (χ1) is 24.5. The average molecular weight is 663 g/mol. The van der Waals surface area contributed by atoms with E-state index < -0.39 is 11.9 Å². The van der Waals surface area contributed by atoms with Crippen LogP contribution in [-0.2, 0) is 9.47 Å². The Kier molecular flexibility index (Phi) is 8.98. The third-order valence-electron chi connectivity index (χ3n) is 7.91. The van der Waals surface area contributed by atoms with Gasteiger partial charge in [-0.2, -0.15) is 0 Å². The van der Waals surface area contributed by atoms with Crippen molar-refractivity contribution in [2.75, 3.05) is 14.2 Å². The van der Waals surface area contributed by atoms with Crippen LogP contribution in [0.4, 0.5) is 0 Å². The second-order valence-electron chi connectivity index (χ2n) is 11.1. The van der Waals surface area contributed by atoms with Gasteiger partial charge in [0.2, 0.25) is 0 Å². The molecule has 0 aliphatic heterocycles. The van der Waals surface area contributed by atoms with Crippen molar-refractivity contribution in [3.05, 3.63) is 157 Å². The Morgan fingerprint density at radius 3 is 0.780 bits per heavy atom. The maximum absolute atomic E-state index is 13.8. The van der Waals surface area contributed by atoms with Gasteiger partial charge in [0.05, 0.1) is 25.3 Å². The van der Waals surface area contributed by atoms with Crippen LogP contribution in [0.1, 0.15) is 20.7 Å². The fourth-order valence-electron chi connectivity index (χ4n) is 5.66. The molecule has 0 radical (unpaired) electrons. The van der Waals surface area contributed by atoms with Gasteiger partial charge in [-0.3, -0.25) is 0 Å². The van der Waals surface area contributed by atoms with Crippen LogP contribution in [-0.4, -0.2) is 26.2 Å². The van der Waals surface area contributed by atoms with Gasteiger partial charge in [-0.05, 0) is 72.8 Å². The number of rotatable bonds is 10. The summed E-state index contributed by atoms with van der Waals surface area (Å²) in [5, 5.41) is 1.49. The lowest BCUT2D eigenvalue weighted by molar-refractivity contribution is 0.0593. The molecule has 0 saturated heterocycles. The highest BCUT2D eigenvalue weighted by molar-refractivity contribution is 6.25. The van der Waals surface area contributed by atoms with E-state index in [2.05, 4.69) is 0 Å². The van der Waals surface area contributed by atoms with Crippen molar-refractivity contribution in [3.63, 3.8) is 0 Å². The second-order valence-corrected chi connectivity index (χ2v) is 11.1. The van der Waals surface area contributed by atoms with Crippen LogP contribution < -0.4 is 18.9 Å². The summed E-state index contributed by atoms with van der Waals surface area (Å²) in [5.41, 5.74) is 0.358. The summed E-state index contributed by atoms with van der Waals surface area (Å²) < 4.78 is 36.1. The number of fused-ring (bicyclic) bond motifs is 2. The summed E-state index contributed by atoms with van der Waals surface area (Å²) in [6.45, 7) is 0. The molecule has 0 heterocycles. The van der Waals surface area contributed by atoms with E-state index in [9.17, 15) is 9.59 Å². The molecule has 246 valence electrons. The number of carbonyl (C=O) groups excluding carboxylic acids is 2. The van der Waals surface area contributed by atoms with E-state index in [-0.39, 0.29) is 11.1 Å². The molecule has 0 saturated carbocycles. The molecule has 0 aliphatic carbocycles. The fourth-order valence-corrected chi connectivity index (χ4v) is 5.66. The van der Waals surface area contributed by atoms with Gasteiger partial charge in [-0.1, -0.05) is 72.8 Å². The Balaban J connectivity index is 1.56. The molecule has 8 heteroatoms. The Bertz CT molecular complexity index is 1990. The monoisotopic (exact) mass is 662 g/mol. The summed E-state index contributed by atoms with van der Waals surface area (Å²) in [5.74, 6) is 2.10.